The fraction of sp³-hybridized carbons (Fsp3) is 0.120. The van der Waals surface area contributed by atoms with E-state index in [-0.39, 0.29) is 5.69 Å². The van der Waals surface area contributed by atoms with Crippen molar-refractivity contribution in [3.05, 3.63) is 102 Å². The van der Waals surface area contributed by atoms with Crippen molar-refractivity contribution in [2.45, 2.75) is 13.5 Å². The van der Waals surface area contributed by atoms with Gasteiger partial charge in [-0.2, -0.15) is 5.10 Å². The Hall–Kier alpha value is -3.93. The number of hydrogen-bond donors (Lipinski definition) is 1. The van der Waals surface area contributed by atoms with Crippen LogP contribution in [-0.4, -0.2) is 22.8 Å². The van der Waals surface area contributed by atoms with E-state index in [2.05, 4.69) is 10.4 Å². The average molecular weight is 415 g/mol. The molecular formula is C25H22FN3O2. The van der Waals surface area contributed by atoms with Crippen molar-refractivity contribution in [1.82, 2.24) is 9.78 Å². The summed E-state index contributed by atoms with van der Waals surface area (Å²) in [5, 5.41) is 7.33. The average Bonchev–Trinajstić information content (AvgIpc) is 3.20. The molecule has 31 heavy (non-hydrogen) atoms. The quantitative estimate of drug-likeness (QED) is 0.465. The summed E-state index contributed by atoms with van der Waals surface area (Å²) in [4.78, 5) is 13.1. The third-order valence-corrected chi connectivity index (χ3v) is 4.91. The molecule has 4 aromatic rings. The van der Waals surface area contributed by atoms with Crippen LogP contribution in [0.2, 0.25) is 0 Å². The molecule has 1 heterocycles. The van der Waals surface area contributed by atoms with Crippen LogP contribution < -0.4 is 10.1 Å². The Labute approximate surface area is 180 Å². The number of aryl methyl sites for hydroxylation is 1. The first kappa shape index (κ1) is 20.3. The zero-order valence-corrected chi connectivity index (χ0v) is 17.3. The van der Waals surface area contributed by atoms with Gasteiger partial charge in [-0.25, -0.2) is 4.39 Å². The molecule has 0 aliphatic carbocycles. The standard InChI is InChI=1S/C25H22FN3O2/c1-17-11-12-23(22(26)13-17)27-25(30)21-16-29(15-18-7-4-3-5-8-18)28-24(21)19-9-6-10-20(14-19)31-2/h3-14,16H,15H2,1-2H3,(H,27,30). The number of nitrogens with one attached hydrogen (secondary N) is 1. The molecule has 0 saturated carbocycles. The number of ether oxygens (including phenoxy) is 1. The minimum Gasteiger partial charge on any atom is -0.497 e. The Morgan fingerprint density at radius 1 is 1.06 bits per heavy atom. The minimum atomic E-state index is -0.479. The molecule has 1 amide bonds. The van der Waals surface area contributed by atoms with Gasteiger partial charge in [-0.05, 0) is 42.3 Å². The molecule has 0 fully saturated rings. The molecule has 4 rings (SSSR count). The van der Waals surface area contributed by atoms with Gasteiger partial charge >= 0.3 is 0 Å². The number of halogens is 1. The van der Waals surface area contributed by atoms with Crippen LogP contribution in [0.25, 0.3) is 11.3 Å². The molecule has 1 aromatic heterocycles. The van der Waals surface area contributed by atoms with Crippen molar-refractivity contribution in [1.29, 1.82) is 0 Å². The van der Waals surface area contributed by atoms with E-state index in [1.54, 1.807) is 37.0 Å². The number of methoxy groups -OCH3 is 1. The van der Waals surface area contributed by atoms with Gasteiger partial charge in [-0.15, -0.1) is 0 Å². The maximum Gasteiger partial charge on any atom is 0.259 e. The Morgan fingerprint density at radius 2 is 1.87 bits per heavy atom. The van der Waals surface area contributed by atoms with E-state index in [9.17, 15) is 9.18 Å². The molecule has 0 spiro atoms. The van der Waals surface area contributed by atoms with Crippen LogP contribution >= 0.6 is 0 Å². The van der Waals surface area contributed by atoms with Gasteiger partial charge in [0.05, 0.1) is 24.9 Å². The first-order valence-electron chi connectivity index (χ1n) is 9.87. The fourth-order valence-electron chi connectivity index (χ4n) is 3.33. The van der Waals surface area contributed by atoms with Crippen LogP contribution in [0.5, 0.6) is 5.75 Å². The summed E-state index contributed by atoms with van der Waals surface area (Å²) in [5.41, 5.74) is 3.55. The zero-order valence-electron chi connectivity index (χ0n) is 17.3. The van der Waals surface area contributed by atoms with Gasteiger partial charge in [0.15, 0.2) is 0 Å². The predicted molar refractivity (Wildman–Crippen MR) is 119 cm³/mol. The normalized spacial score (nSPS) is 10.7. The van der Waals surface area contributed by atoms with E-state index in [1.165, 1.54) is 6.07 Å². The second kappa shape index (κ2) is 8.83. The van der Waals surface area contributed by atoms with Gasteiger partial charge < -0.3 is 10.1 Å². The Morgan fingerprint density at radius 3 is 2.61 bits per heavy atom. The Balaban J connectivity index is 1.72. The number of carbonyl (C=O) groups excluding carboxylic acids is 1. The number of rotatable bonds is 6. The number of carbonyl (C=O) groups is 1. The van der Waals surface area contributed by atoms with Crippen molar-refractivity contribution >= 4 is 11.6 Å². The van der Waals surface area contributed by atoms with Crippen molar-refractivity contribution in [2.75, 3.05) is 12.4 Å². The topological polar surface area (TPSA) is 56.2 Å². The summed E-state index contributed by atoms with van der Waals surface area (Å²) in [7, 11) is 1.58. The van der Waals surface area contributed by atoms with Crippen molar-refractivity contribution in [3.63, 3.8) is 0 Å². The molecule has 0 aliphatic rings. The van der Waals surface area contributed by atoms with Gasteiger partial charge in [0.1, 0.15) is 17.3 Å². The van der Waals surface area contributed by atoms with Crippen LogP contribution in [0, 0.1) is 12.7 Å². The fourth-order valence-corrected chi connectivity index (χ4v) is 3.33. The summed E-state index contributed by atoms with van der Waals surface area (Å²) < 4.78 is 21.3. The second-order valence-corrected chi connectivity index (χ2v) is 7.24. The van der Waals surface area contributed by atoms with Crippen LogP contribution in [0.1, 0.15) is 21.5 Å². The first-order chi connectivity index (χ1) is 15.0. The summed E-state index contributed by atoms with van der Waals surface area (Å²) in [6, 6.07) is 21.9. The molecule has 1 N–H and O–H groups in total. The van der Waals surface area contributed by atoms with Crippen molar-refractivity contribution < 1.29 is 13.9 Å². The number of nitrogens with zero attached hydrogens (tertiary/aromatic N) is 2. The largest absolute Gasteiger partial charge is 0.497 e. The lowest BCUT2D eigenvalue weighted by Gasteiger charge is -2.08. The molecule has 0 aliphatic heterocycles. The first-order valence-corrected chi connectivity index (χ1v) is 9.87. The lowest BCUT2D eigenvalue weighted by Crippen LogP contribution is -2.13. The molecular weight excluding hydrogens is 393 g/mol. The lowest BCUT2D eigenvalue weighted by molar-refractivity contribution is 0.102. The van der Waals surface area contributed by atoms with E-state index in [1.807, 2.05) is 54.6 Å². The van der Waals surface area contributed by atoms with E-state index in [0.29, 0.717) is 23.6 Å². The highest BCUT2D eigenvalue weighted by atomic mass is 19.1. The maximum absolute atomic E-state index is 14.3. The highest BCUT2D eigenvalue weighted by molar-refractivity contribution is 6.08. The summed E-state index contributed by atoms with van der Waals surface area (Å²) in [5.74, 6) is -0.251. The highest BCUT2D eigenvalue weighted by Gasteiger charge is 2.20. The molecule has 0 saturated heterocycles. The third kappa shape index (κ3) is 4.64. The van der Waals surface area contributed by atoms with Gasteiger partial charge in [-0.1, -0.05) is 48.5 Å². The smallest absolute Gasteiger partial charge is 0.259 e. The summed E-state index contributed by atoms with van der Waals surface area (Å²) in [6.07, 6.45) is 1.68. The Bertz CT molecular complexity index is 1220. The van der Waals surface area contributed by atoms with Crippen LogP contribution in [-0.2, 0) is 6.54 Å². The van der Waals surface area contributed by atoms with Crippen LogP contribution in [0.15, 0.2) is 79.0 Å². The van der Waals surface area contributed by atoms with Gasteiger partial charge in [-0.3, -0.25) is 9.48 Å². The number of hydrogen-bond acceptors (Lipinski definition) is 3. The molecule has 0 bridgehead atoms. The van der Waals surface area contributed by atoms with Crippen LogP contribution in [0.3, 0.4) is 0 Å². The third-order valence-electron chi connectivity index (χ3n) is 4.91. The number of anilines is 1. The highest BCUT2D eigenvalue weighted by Crippen LogP contribution is 2.27. The second-order valence-electron chi connectivity index (χ2n) is 7.24. The van der Waals surface area contributed by atoms with Gasteiger partial charge in [0.25, 0.3) is 5.91 Å². The molecule has 0 radical (unpaired) electrons. The molecule has 6 heteroatoms. The number of benzene rings is 3. The molecule has 5 nitrogen and oxygen atoms in total. The van der Waals surface area contributed by atoms with Crippen LogP contribution in [0.4, 0.5) is 10.1 Å². The molecule has 3 aromatic carbocycles. The van der Waals surface area contributed by atoms with Gasteiger partial charge in [0.2, 0.25) is 0 Å². The number of amides is 1. The number of aromatic nitrogens is 2. The molecule has 0 unspecified atom stereocenters. The maximum atomic E-state index is 14.3. The van der Waals surface area contributed by atoms with E-state index < -0.39 is 11.7 Å². The molecule has 0 atom stereocenters. The zero-order chi connectivity index (χ0) is 21.8. The monoisotopic (exact) mass is 415 g/mol. The molecule has 156 valence electrons. The summed E-state index contributed by atoms with van der Waals surface area (Å²) >= 11 is 0. The van der Waals surface area contributed by atoms with E-state index >= 15 is 0 Å². The predicted octanol–water partition coefficient (Wildman–Crippen LogP) is 5.31. The van der Waals surface area contributed by atoms with E-state index in [4.69, 9.17) is 4.74 Å². The minimum absolute atomic E-state index is 0.128. The van der Waals surface area contributed by atoms with E-state index in [0.717, 1.165) is 16.7 Å². The van der Waals surface area contributed by atoms with Crippen molar-refractivity contribution in [2.24, 2.45) is 0 Å². The lowest BCUT2D eigenvalue weighted by atomic mass is 10.1. The van der Waals surface area contributed by atoms with Crippen molar-refractivity contribution in [3.8, 4) is 17.0 Å². The SMILES string of the molecule is COc1cccc(-c2nn(Cc3ccccc3)cc2C(=O)Nc2ccc(C)cc2F)c1. The summed E-state index contributed by atoms with van der Waals surface area (Å²) in [6.45, 7) is 2.30. The van der Waals surface area contributed by atoms with Gasteiger partial charge in [0, 0.05) is 11.8 Å². The Kier molecular flexibility index (Phi) is 5.80.